The molecular formula is C28H26N2O5. The molecule has 0 amide bonds. The number of carbonyl (C=O) groups is 2. The molecule has 0 atom stereocenters. The predicted molar refractivity (Wildman–Crippen MR) is 132 cm³/mol. The summed E-state index contributed by atoms with van der Waals surface area (Å²) >= 11 is 0. The molecule has 2 aromatic heterocycles. The number of hydrogen-bond donors (Lipinski definition) is 0. The Morgan fingerprint density at radius 3 is 2.26 bits per heavy atom. The maximum atomic E-state index is 12.4. The summed E-state index contributed by atoms with van der Waals surface area (Å²) in [5, 5.41) is 0.783. The minimum Gasteiger partial charge on any atom is -0.493 e. The highest BCUT2D eigenvalue weighted by molar-refractivity contribution is 6.00. The molecule has 4 aromatic rings. The number of ether oxygens (including phenoxy) is 3. The second-order valence-corrected chi connectivity index (χ2v) is 8.16. The van der Waals surface area contributed by atoms with E-state index in [1.807, 2.05) is 37.3 Å². The number of ketones is 2. The first-order chi connectivity index (χ1) is 16.9. The number of hydrogen-bond acceptors (Lipinski definition) is 7. The summed E-state index contributed by atoms with van der Waals surface area (Å²) in [7, 11) is 3.15. The van der Waals surface area contributed by atoms with Crippen LogP contribution < -0.4 is 14.2 Å². The molecule has 0 fully saturated rings. The van der Waals surface area contributed by atoms with E-state index in [4.69, 9.17) is 14.2 Å². The highest BCUT2D eigenvalue weighted by Gasteiger charge is 2.14. The molecule has 0 bridgehead atoms. The Hall–Kier alpha value is -4.26. The lowest BCUT2D eigenvalue weighted by Crippen LogP contribution is -2.13. The molecule has 0 N–H and O–H groups in total. The minimum absolute atomic E-state index is 0.109. The van der Waals surface area contributed by atoms with Crippen molar-refractivity contribution in [3.05, 3.63) is 83.8 Å². The van der Waals surface area contributed by atoms with E-state index < -0.39 is 0 Å². The van der Waals surface area contributed by atoms with Crippen molar-refractivity contribution in [2.45, 2.75) is 26.2 Å². The highest BCUT2D eigenvalue weighted by atomic mass is 16.5. The molecule has 7 nitrogen and oxygen atoms in total. The third kappa shape index (κ3) is 6.00. The summed E-state index contributed by atoms with van der Waals surface area (Å²) in [6.45, 7) is 1.87. The van der Waals surface area contributed by atoms with Gasteiger partial charge in [0, 0.05) is 41.9 Å². The van der Waals surface area contributed by atoms with E-state index >= 15 is 0 Å². The number of rotatable bonds is 10. The topological polar surface area (TPSA) is 87.6 Å². The van der Waals surface area contributed by atoms with Gasteiger partial charge in [-0.2, -0.15) is 0 Å². The minimum atomic E-state index is -0.135. The summed E-state index contributed by atoms with van der Waals surface area (Å²) < 4.78 is 16.8. The van der Waals surface area contributed by atoms with Gasteiger partial charge in [-0.05, 0) is 48.9 Å². The summed E-state index contributed by atoms with van der Waals surface area (Å²) in [6.07, 6.45) is 1.90. The number of nitrogens with zero attached hydrogens (tertiary/aromatic N) is 2. The fourth-order valence-electron chi connectivity index (χ4n) is 3.81. The molecule has 2 heterocycles. The van der Waals surface area contributed by atoms with Crippen LogP contribution in [0.2, 0.25) is 0 Å². The van der Waals surface area contributed by atoms with Gasteiger partial charge in [-0.1, -0.05) is 18.2 Å². The van der Waals surface area contributed by atoms with Crippen LogP contribution >= 0.6 is 0 Å². The first kappa shape index (κ1) is 23.9. The molecule has 178 valence electrons. The SMILES string of the molecule is COc1cc2nccc(Oc3ccc(CC(=O)CC(=O)Cc4cccc(C)n4)cc3)c2cc1OC. The van der Waals surface area contributed by atoms with E-state index in [1.165, 1.54) is 0 Å². The van der Waals surface area contributed by atoms with Crippen molar-refractivity contribution in [3.8, 4) is 23.0 Å². The standard InChI is InChI=1S/C28H26N2O5/c1-18-5-4-6-20(30-18)14-22(32)15-21(31)13-19-7-9-23(10-8-19)35-26-11-12-29-25-17-28(34-3)27(33-2)16-24(25)26/h4-12,16-17H,13-15H2,1-3H3. The molecule has 0 saturated carbocycles. The molecule has 0 aliphatic heterocycles. The van der Waals surface area contributed by atoms with Gasteiger partial charge in [-0.3, -0.25) is 19.6 Å². The lowest BCUT2D eigenvalue weighted by atomic mass is 10.0. The zero-order valence-electron chi connectivity index (χ0n) is 19.9. The fourth-order valence-corrected chi connectivity index (χ4v) is 3.81. The molecule has 4 rings (SSSR count). The molecule has 0 unspecified atom stereocenters. The van der Waals surface area contributed by atoms with Crippen LogP contribution in [-0.2, 0) is 22.4 Å². The van der Waals surface area contributed by atoms with Gasteiger partial charge in [0.25, 0.3) is 0 Å². The van der Waals surface area contributed by atoms with Crippen molar-refractivity contribution in [1.82, 2.24) is 9.97 Å². The van der Waals surface area contributed by atoms with Gasteiger partial charge >= 0.3 is 0 Å². The van der Waals surface area contributed by atoms with E-state index in [2.05, 4.69) is 9.97 Å². The highest BCUT2D eigenvalue weighted by Crippen LogP contribution is 2.36. The number of pyridine rings is 2. The number of aryl methyl sites for hydroxylation is 1. The number of aromatic nitrogens is 2. The quantitative estimate of drug-likeness (QED) is 0.299. The second kappa shape index (κ2) is 10.8. The lowest BCUT2D eigenvalue weighted by molar-refractivity contribution is -0.126. The molecule has 7 heteroatoms. The Morgan fingerprint density at radius 1 is 0.829 bits per heavy atom. The third-order valence-corrected chi connectivity index (χ3v) is 5.48. The zero-order valence-corrected chi connectivity index (χ0v) is 19.9. The average Bonchev–Trinajstić information content (AvgIpc) is 2.84. The molecular weight excluding hydrogens is 444 g/mol. The van der Waals surface area contributed by atoms with Crippen molar-refractivity contribution in [2.24, 2.45) is 0 Å². The van der Waals surface area contributed by atoms with Crippen LogP contribution in [0.25, 0.3) is 10.9 Å². The smallest absolute Gasteiger partial charge is 0.162 e. The first-order valence-electron chi connectivity index (χ1n) is 11.2. The van der Waals surface area contributed by atoms with Crippen LogP contribution in [0.5, 0.6) is 23.0 Å². The van der Waals surface area contributed by atoms with Gasteiger partial charge < -0.3 is 14.2 Å². The van der Waals surface area contributed by atoms with Crippen LogP contribution in [0.1, 0.15) is 23.4 Å². The van der Waals surface area contributed by atoms with E-state index in [1.54, 1.807) is 50.7 Å². The third-order valence-electron chi connectivity index (χ3n) is 5.48. The number of methoxy groups -OCH3 is 2. The van der Waals surface area contributed by atoms with Crippen LogP contribution in [0.4, 0.5) is 0 Å². The number of carbonyl (C=O) groups excluding carboxylic acids is 2. The van der Waals surface area contributed by atoms with Crippen molar-refractivity contribution < 1.29 is 23.8 Å². The maximum absolute atomic E-state index is 12.4. The maximum Gasteiger partial charge on any atom is 0.162 e. The van der Waals surface area contributed by atoms with Crippen molar-refractivity contribution in [3.63, 3.8) is 0 Å². The van der Waals surface area contributed by atoms with Crippen LogP contribution in [0.3, 0.4) is 0 Å². The van der Waals surface area contributed by atoms with Gasteiger partial charge in [0.05, 0.1) is 26.2 Å². The molecule has 0 aliphatic rings. The van der Waals surface area contributed by atoms with Crippen molar-refractivity contribution >= 4 is 22.5 Å². The Balaban J connectivity index is 1.40. The van der Waals surface area contributed by atoms with Gasteiger partial charge in [0.2, 0.25) is 0 Å². The van der Waals surface area contributed by atoms with Crippen LogP contribution in [0, 0.1) is 6.92 Å². The Bertz CT molecular complexity index is 1370. The summed E-state index contributed by atoms with van der Waals surface area (Å²) in [5.74, 6) is 2.15. The predicted octanol–water partition coefficient (Wildman–Crippen LogP) is 5.06. The van der Waals surface area contributed by atoms with E-state index in [9.17, 15) is 9.59 Å². The van der Waals surface area contributed by atoms with E-state index in [0.29, 0.717) is 34.2 Å². The summed E-state index contributed by atoms with van der Waals surface area (Å²) in [5.41, 5.74) is 3.06. The van der Waals surface area contributed by atoms with Crippen LogP contribution in [-0.4, -0.2) is 35.8 Å². The average molecular weight is 471 g/mol. The normalized spacial score (nSPS) is 10.7. The number of fused-ring (bicyclic) bond motifs is 1. The van der Waals surface area contributed by atoms with Crippen LogP contribution in [0.15, 0.2) is 66.9 Å². The Morgan fingerprint density at radius 2 is 1.54 bits per heavy atom. The lowest BCUT2D eigenvalue weighted by Gasteiger charge is -2.12. The van der Waals surface area contributed by atoms with Crippen molar-refractivity contribution in [1.29, 1.82) is 0 Å². The fraction of sp³-hybridized carbons (Fsp3) is 0.214. The number of benzene rings is 2. The molecule has 35 heavy (non-hydrogen) atoms. The van der Waals surface area contributed by atoms with Crippen molar-refractivity contribution in [2.75, 3.05) is 14.2 Å². The van der Waals surface area contributed by atoms with Gasteiger partial charge in [-0.25, -0.2) is 0 Å². The molecule has 0 saturated heterocycles. The Labute approximate surface area is 203 Å². The van der Waals surface area contributed by atoms with Gasteiger partial charge in [0.15, 0.2) is 11.5 Å². The monoisotopic (exact) mass is 470 g/mol. The summed E-state index contributed by atoms with van der Waals surface area (Å²) in [6, 6.07) is 18.2. The van der Waals surface area contributed by atoms with Gasteiger partial charge in [-0.15, -0.1) is 0 Å². The molecule has 0 spiro atoms. The molecule has 2 aromatic carbocycles. The summed E-state index contributed by atoms with van der Waals surface area (Å²) in [4.78, 5) is 33.4. The Kier molecular flexibility index (Phi) is 7.35. The van der Waals surface area contributed by atoms with Gasteiger partial charge in [0.1, 0.15) is 23.1 Å². The van der Waals surface area contributed by atoms with E-state index in [-0.39, 0.29) is 30.8 Å². The van der Waals surface area contributed by atoms with E-state index in [0.717, 1.165) is 16.6 Å². The largest absolute Gasteiger partial charge is 0.493 e. The molecule has 0 radical (unpaired) electrons. The number of Topliss-reactive ketones (excluding diaryl/α,β-unsaturated/α-hetero) is 2. The first-order valence-corrected chi connectivity index (χ1v) is 11.2. The zero-order chi connectivity index (χ0) is 24.8. The molecule has 0 aliphatic carbocycles. The second-order valence-electron chi connectivity index (χ2n) is 8.16.